The molecule has 120 valence electrons. The number of imidazole rings is 1. The molecule has 0 N–H and O–H groups in total. The van der Waals surface area contributed by atoms with E-state index >= 15 is 0 Å². The number of aromatic nitrogens is 4. The van der Waals surface area contributed by atoms with Crippen LogP contribution < -0.4 is 0 Å². The molecule has 24 heavy (non-hydrogen) atoms. The minimum atomic E-state index is 0.479. The summed E-state index contributed by atoms with van der Waals surface area (Å²) in [4.78, 5) is 9.23. The lowest BCUT2D eigenvalue weighted by atomic mass is 10.3. The molecule has 0 saturated heterocycles. The van der Waals surface area contributed by atoms with E-state index < -0.39 is 0 Å². The van der Waals surface area contributed by atoms with Crippen LogP contribution in [-0.2, 0) is 0 Å². The third-order valence-electron chi connectivity index (χ3n) is 4.28. The lowest BCUT2D eigenvalue weighted by molar-refractivity contribution is 0.925. The van der Waals surface area contributed by atoms with Gasteiger partial charge in [-0.25, -0.2) is 9.97 Å². The highest BCUT2D eigenvalue weighted by Crippen LogP contribution is 2.26. The molecular weight excluding hydrogens is 320 g/mol. The number of aryl methyl sites for hydroxylation is 3. The molecule has 0 amide bonds. The monoisotopic (exact) mass is 336 g/mol. The number of rotatable bonds is 2. The average molecular weight is 337 g/mol. The van der Waals surface area contributed by atoms with Gasteiger partial charge < -0.3 is 4.57 Å². The Morgan fingerprint density at radius 2 is 1.50 bits per heavy atom. The van der Waals surface area contributed by atoms with Crippen LogP contribution in [0.25, 0.3) is 22.5 Å². The standard InChI is InChI=1S/C19H17ClN4/c1-12-8-9-13(2)23(12)17-10-11-18(22-19(17)20)24-14(3)21-15-6-4-5-7-16(15)24/h4-11H,1-3H3. The second kappa shape index (κ2) is 5.49. The van der Waals surface area contributed by atoms with Crippen molar-refractivity contribution >= 4 is 22.6 Å². The molecule has 0 fully saturated rings. The van der Waals surface area contributed by atoms with Gasteiger partial charge in [0.15, 0.2) is 5.15 Å². The van der Waals surface area contributed by atoms with Crippen molar-refractivity contribution in [2.24, 2.45) is 0 Å². The number of pyridine rings is 1. The third-order valence-corrected chi connectivity index (χ3v) is 4.56. The predicted octanol–water partition coefficient (Wildman–Crippen LogP) is 4.79. The molecule has 5 heteroatoms. The quantitative estimate of drug-likeness (QED) is 0.493. The summed E-state index contributed by atoms with van der Waals surface area (Å²) in [5, 5.41) is 0.479. The number of hydrogen-bond acceptors (Lipinski definition) is 2. The molecule has 4 nitrogen and oxygen atoms in total. The zero-order valence-corrected chi connectivity index (χ0v) is 14.5. The summed E-state index contributed by atoms with van der Waals surface area (Å²) in [5.41, 5.74) is 5.14. The maximum absolute atomic E-state index is 6.52. The van der Waals surface area contributed by atoms with Crippen molar-refractivity contribution in [3.63, 3.8) is 0 Å². The van der Waals surface area contributed by atoms with E-state index in [0.717, 1.165) is 39.8 Å². The molecule has 0 radical (unpaired) electrons. The number of halogens is 1. The van der Waals surface area contributed by atoms with E-state index in [1.807, 2.05) is 47.9 Å². The Labute approximate surface area is 145 Å². The summed E-state index contributed by atoms with van der Waals surface area (Å²) in [7, 11) is 0. The van der Waals surface area contributed by atoms with Crippen LogP contribution in [0.1, 0.15) is 17.2 Å². The summed E-state index contributed by atoms with van der Waals surface area (Å²) in [5.74, 6) is 1.67. The van der Waals surface area contributed by atoms with Gasteiger partial charge >= 0.3 is 0 Å². The molecule has 3 aromatic heterocycles. The second-order valence-electron chi connectivity index (χ2n) is 5.91. The molecule has 0 saturated carbocycles. The number of hydrogen-bond donors (Lipinski definition) is 0. The second-order valence-corrected chi connectivity index (χ2v) is 6.27. The summed E-state index contributed by atoms with van der Waals surface area (Å²) >= 11 is 6.52. The van der Waals surface area contributed by atoms with Crippen LogP contribution in [-0.4, -0.2) is 19.1 Å². The van der Waals surface area contributed by atoms with E-state index in [1.54, 1.807) is 0 Å². The topological polar surface area (TPSA) is 35.6 Å². The first kappa shape index (κ1) is 15.0. The molecule has 1 aromatic carbocycles. The number of benzene rings is 1. The van der Waals surface area contributed by atoms with Crippen molar-refractivity contribution in [1.29, 1.82) is 0 Å². The maximum Gasteiger partial charge on any atom is 0.155 e. The lowest BCUT2D eigenvalue weighted by Gasteiger charge is -2.13. The first-order chi connectivity index (χ1) is 11.6. The molecule has 0 atom stereocenters. The summed E-state index contributed by atoms with van der Waals surface area (Å²) in [6, 6.07) is 16.2. The molecule has 0 unspecified atom stereocenters. The van der Waals surface area contributed by atoms with E-state index in [2.05, 4.69) is 40.5 Å². The number of para-hydroxylation sites is 2. The molecule has 0 aliphatic rings. The smallest absolute Gasteiger partial charge is 0.155 e. The SMILES string of the molecule is Cc1ccc(C)n1-c1ccc(-n2c(C)nc3ccccc32)nc1Cl. The lowest BCUT2D eigenvalue weighted by Crippen LogP contribution is -2.05. The van der Waals surface area contributed by atoms with Crippen molar-refractivity contribution in [3.05, 3.63) is 70.9 Å². The van der Waals surface area contributed by atoms with Gasteiger partial charge in [-0.05, 0) is 57.2 Å². The molecule has 4 rings (SSSR count). The first-order valence-corrected chi connectivity index (χ1v) is 8.20. The summed E-state index contributed by atoms with van der Waals surface area (Å²) in [6.45, 7) is 6.10. The molecule has 0 aliphatic carbocycles. The number of nitrogens with zero attached hydrogens (tertiary/aromatic N) is 4. The van der Waals surface area contributed by atoms with E-state index in [9.17, 15) is 0 Å². The Balaban J connectivity index is 1.89. The van der Waals surface area contributed by atoms with Gasteiger partial charge in [-0.3, -0.25) is 4.57 Å². The van der Waals surface area contributed by atoms with Gasteiger partial charge in [0.2, 0.25) is 0 Å². The van der Waals surface area contributed by atoms with Gasteiger partial charge in [0, 0.05) is 11.4 Å². The van der Waals surface area contributed by atoms with Crippen molar-refractivity contribution in [3.8, 4) is 11.5 Å². The van der Waals surface area contributed by atoms with E-state index in [4.69, 9.17) is 11.6 Å². The first-order valence-electron chi connectivity index (χ1n) is 7.82. The van der Waals surface area contributed by atoms with Crippen molar-refractivity contribution < 1.29 is 0 Å². The fourth-order valence-electron chi connectivity index (χ4n) is 3.19. The minimum Gasteiger partial charge on any atom is -0.316 e. The van der Waals surface area contributed by atoms with Crippen LogP contribution in [0.15, 0.2) is 48.5 Å². The fourth-order valence-corrected chi connectivity index (χ4v) is 3.43. The van der Waals surface area contributed by atoms with Crippen molar-refractivity contribution in [1.82, 2.24) is 19.1 Å². The Bertz CT molecular complexity index is 1040. The van der Waals surface area contributed by atoms with Gasteiger partial charge in [-0.1, -0.05) is 23.7 Å². The largest absolute Gasteiger partial charge is 0.316 e. The molecule has 0 bridgehead atoms. The van der Waals surface area contributed by atoms with E-state index in [1.165, 1.54) is 0 Å². The van der Waals surface area contributed by atoms with Gasteiger partial charge in [-0.2, -0.15) is 0 Å². The average Bonchev–Trinajstić information content (AvgIpc) is 3.06. The van der Waals surface area contributed by atoms with Crippen LogP contribution in [0, 0.1) is 20.8 Å². The highest BCUT2D eigenvalue weighted by Gasteiger charge is 2.14. The highest BCUT2D eigenvalue weighted by molar-refractivity contribution is 6.31. The summed E-state index contributed by atoms with van der Waals surface area (Å²) in [6.07, 6.45) is 0. The molecule has 0 aliphatic heterocycles. The zero-order chi connectivity index (χ0) is 16.8. The van der Waals surface area contributed by atoms with E-state index in [0.29, 0.717) is 5.15 Å². The van der Waals surface area contributed by atoms with Gasteiger partial charge in [0.1, 0.15) is 11.6 Å². The normalized spacial score (nSPS) is 11.3. The Kier molecular flexibility index (Phi) is 3.43. The summed E-state index contributed by atoms with van der Waals surface area (Å²) < 4.78 is 4.14. The van der Waals surface area contributed by atoms with Crippen molar-refractivity contribution in [2.45, 2.75) is 20.8 Å². The van der Waals surface area contributed by atoms with Crippen LogP contribution in [0.5, 0.6) is 0 Å². The third kappa shape index (κ3) is 2.22. The predicted molar refractivity (Wildman–Crippen MR) is 97.4 cm³/mol. The van der Waals surface area contributed by atoms with Crippen LogP contribution in [0.2, 0.25) is 5.15 Å². The Hall–Kier alpha value is -2.59. The van der Waals surface area contributed by atoms with E-state index in [-0.39, 0.29) is 0 Å². The van der Waals surface area contributed by atoms with Crippen LogP contribution in [0.4, 0.5) is 0 Å². The number of fused-ring (bicyclic) bond motifs is 1. The van der Waals surface area contributed by atoms with Crippen LogP contribution >= 0.6 is 11.6 Å². The van der Waals surface area contributed by atoms with Gasteiger partial charge in [-0.15, -0.1) is 0 Å². The molecule has 4 aromatic rings. The maximum atomic E-state index is 6.52. The fraction of sp³-hybridized carbons (Fsp3) is 0.158. The molecular formula is C19H17ClN4. The Morgan fingerprint density at radius 3 is 2.21 bits per heavy atom. The van der Waals surface area contributed by atoms with Gasteiger partial charge in [0.25, 0.3) is 0 Å². The van der Waals surface area contributed by atoms with Crippen molar-refractivity contribution in [2.75, 3.05) is 0 Å². The van der Waals surface area contributed by atoms with Crippen LogP contribution in [0.3, 0.4) is 0 Å². The minimum absolute atomic E-state index is 0.479. The molecule has 0 spiro atoms. The zero-order valence-electron chi connectivity index (χ0n) is 13.8. The Morgan fingerprint density at radius 1 is 0.792 bits per heavy atom. The van der Waals surface area contributed by atoms with Gasteiger partial charge in [0.05, 0.1) is 16.7 Å². The molecule has 3 heterocycles. The highest BCUT2D eigenvalue weighted by atomic mass is 35.5.